The quantitative estimate of drug-likeness (QED) is 0.636. The van der Waals surface area contributed by atoms with Crippen molar-refractivity contribution in [3.63, 3.8) is 0 Å². The van der Waals surface area contributed by atoms with Gasteiger partial charge in [0.2, 0.25) is 10.0 Å². The number of amides is 2. The summed E-state index contributed by atoms with van der Waals surface area (Å²) in [5.74, 6) is -2.31. The van der Waals surface area contributed by atoms with Gasteiger partial charge in [0, 0.05) is 13.1 Å². The van der Waals surface area contributed by atoms with E-state index in [9.17, 15) is 36.0 Å². The summed E-state index contributed by atoms with van der Waals surface area (Å²) in [6.45, 7) is 0.686. The molecular weight excluding hydrogens is 445 g/mol. The molecule has 1 saturated heterocycles. The average Bonchev–Trinajstić information content (AvgIpc) is 2.71. The minimum atomic E-state index is -4.68. The molecule has 1 fully saturated rings. The van der Waals surface area contributed by atoms with E-state index in [1.807, 2.05) is 5.32 Å². The van der Waals surface area contributed by atoms with Crippen LogP contribution in [0.5, 0.6) is 0 Å². The largest absolute Gasteiger partial charge is 0.455 e. The number of ether oxygens (including phenoxy) is 2. The molecule has 1 aliphatic rings. The number of carbonyl (C=O) groups is 3. The van der Waals surface area contributed by atoms with Crippen LogP contribution in [0.3, 0.4) is 0 Å². The molecule has 1 aliphatic heterocycles. The lowest BCUT2D eigenvalue weighted by molar-refractivity contribution is -0.153. The van der Waals surface area contributed by atoms with E-state index in [2.05, 4.69) is 4.74 Å². The molecule has 2 amide bonds. The number of esters is 1. The molecule has 1 aromatic carbocycles. The number of imide groups is 1. The van der Waals surface area contributed by atoms with Crippen LogP contribution < -0.4 is 5.32 Å². The number of rotatable bonds is 6. The molecule has 0 unspecified atom stereocenters. The Morgan fingerprint density at radius 2 is 1.81 bits per heavy atom. The molecule has 0 aromatic heterocycles. The fraction of sp³-hybridized carbons (Fsp3) is 0.500. The lowest BCUT2D eigenvalue weighted by Gasteiger charge is -2.30. The molecular formula is C18H21F3N2O7S. The van der Waals surface area contributed by atoms with Gasteiger partial charge in [-0.3, -0.25) is 14.9 Å². The van der Waals surface area contributed by atoms with Crippen molar-refractivity contribution in [3.8, 4) is 0 Å². The first-order valence-corrected chi connectivity index (χ1v) is 10.7. The number of nitrogens with zero attached hydrogens (tertiary/aromatic N) is 1. The first-order chi connectivity index (χ1) is 14.4. The number of alkyl halides is 3. The third kappa shape index (κ3) is 6.66. The summed E-state index contributed by atoms with van der Waals surface area (Å²) in [5.41, 5.74) is -1.08. The number of piperidine rings is 1. The maximum atomic E-state index is 12.9. The molecule has 0 aliphatic carbocycles. The Bertz CT molecular complexity index is 926. The van der Waals surface area contributed by atoms with Gasteiger partial charge in [0.05, 0.1) is 23.0 Å². The fourth-order valence-electron chi connectivity index (χ4n) is 2.89. The summed E-state index contributed by atoms with van der Waals surface area (Å²) in [6, 6.07) is 3.44. The maximum Gasteiger partial charge on any atom is 0.416 e. The molecule has 1 N–H and O–H groups in total. The highest BCUT2D eigenvalue weighted by Gasteiger charge is 2.35. The smallest absolute Gasteiger partial charge is 0.416 e. The minimum Gasteiger partial charge on any atom is -0.455 e. The normalized spacial score (nSPS) is 15.9. The van der Waals surface area contributed by atoms with E-state index in [0.29, 0.717) is 6.07 Å². The average molecular weight is 466 g/mol. The van der Waals surface area contributed by atoms with Gasteiger partial charge in [-0.25, -0.2) is 13.2 Å². The Hall–Kier alpha value is -2.67. The maximum absolute atomic E-state index is 12.9. The summed E-state index contributed by atoms with van der Waals surface area (Å²) in [6.07, 6.45) is -5.52. The molecule has 172 valence electrons. The third-order valence-corrected chi connectivity index (χ3v) is 6.34. The number of hydrogen-bond acceptors (Lipinski definition) is 7. The zero-order chi connectivity index (χ0) is 23.2. The van der Waals surface area contributed by atoms with Gasteiger partial charge in [-0.1, -0.05) is 6.07 Å². The lowest BCUT2D eigenvalue weighted by Crippen LogP contribution is -2.41. The van der Waals surface area contributed by atoms with Gasteiger partial charge < -0.3 is 9.47 Å². The van der Waals surface area contributed by atoms with Crippen LogP contribution in [0.1, 0.15) is 25.3 Å². The van der Waals surface area contributed by atoms with Crippen molar-refractivity contribution in [3.05, 3.63) is 29.8 Å². The Morgan fingerprint density at radius 1 is 1.16 bits per heavy atom. The van der Waals surface area contributed by atoms with Crippen molar-refractivity contribution in [1.82, 2.24) is 9.62 Å². The number of sulfonamides is 1. The second-order valence-corrected chi connectivity index (χ2v) is 8.52. The zero-order valence-electron chi connectivity index (χ0n) is 16.5. The molecule has 0 radical (unpaired) electrons. The predicted octanol–water partition coefficient (Wildman–Crippen LogP) is 1.92. The number of carbonyl (C=O) groups excluding carboxylic acids is 3. The standard InChI is InChI=1S/C18H21F3N2O7S/c1-2-29-17(26)22-15(24)11-30-16(25)12-6-8-23(9-7-12)31(27,28)14-5-3-4-13(10-14)18(19,20)21/h3-5,10,12H,2,6-9,11H2,1H3,(H,22,24,26). The van der Waals surface area contributed by atoms with E-state index in [1.54, 1.807) is 6.92 Å². The van der Waals surface area contributed by atoms with Crippen molar-refractivity contribution in [2.24, 2.45) is 5.92 Å². The Kier molecular flexibility index (Phi) is 8.01. The summed E-state index contributed by atoms with van der Waals surface area (Å²) < 4.78 is 74.2. The molecule has 1 heterocycles. The van der Waals surface area contributed by atoms with Crippen LogP contribution in [0, 0.1) is 5.92 Å². The van der Waals surface area contributed by atoms with Gasteiger partial charge >= 0.3 is 18.2 Å². The predicted molar refractivity (Wildman–Crippen MR) is 99.1 cm³/mol. The number of benzene rings is 1. The first-order valence-electron chi connectivity index (χ1n) is 9.25. The molecule has 1 aromatic rings. The van der Waals surface area contributed by atoms with Crippen LogP contribution >= 0.6 is 0 Å². The Labute approximate surface area is 176 Å². The van der Waals surface area contributed by atoms with Gasteiger partial charge in [-0.2, -0.15) is 17.5 Å². The summed E-state index contributed by atoms with van der Waals surface area (Å²) in [5, 5.41) is 1.85. The van der Waals surface area contributed by atoms with Gasteiger partial charge in [0.1, 0.15) is 0 Å². The first kappa shape index (κ1) is 24.6. The SMILES string of the molecule is CCOC(=O)NC(=O)COC(=O)C1CCN(S(=O)(=O)c2cccc(C(F)(F)F)c2)CC1. The summed E-state index contributed by atoms with van der Waals surface area (Å²) in [7, 11) is -4.17. The van der Waals surface area contributed by atoms with Gasteiger partial charge in [-0.05, 0) is 38.0 Å². The molecule has 0 spiro atoms. The van der Waals surface area contributed by atoms with Crippen LogP contribution in [0.4, 0.5) is 18.0 Å². The zero-order valence-corrected chi connectivity index (χ0v) is 17.3. The molecule has 31 heavy (non-hydrogen) atoms. The van der Waals surface area contributed by atoms with Gasteiger partial charge in [0.15, 0.2) is 6.61 Å². The number of halogens is 3. The van der Waals surface area contributed by atoms with Crippen LogP contribution in [0.25, 0.3) is 0 Å². The van der Waals surface area contributed by atoms with Crippen molar-refractivity contribution < 1.29 is 45.4 Å². The van der Waals surface area contributed by atoms with E-state index < -0.39 is 57.2 Å². The fourth-order valence-corrected chi connectivity index (χ4v) is 4.40. The highest BCUT2D eigenvalue weighted by Crippen LogP contribution is 2.32. The lowest BCUT2D eigenvalue weighted by atomic mass is 9.98. The molecule has 0 saturated carbocycles. The highest BCUT2D eigenvalue weighted by molar-refractivity contribution is 7.89. The van der Waals surface area contributed by atoms with E-state index in [0.717, 1.165) is 22.5 Å². The summed E-state index contributed by atoms with van der Waals surface area (Å²) in [4.78, 5) is 34.2. The van der Waals surface area contributed by atoms with Gasteiger partial charge in [0.25, 0.3) is 5.91 Å². The summed E-state index contributed by atoms with van der Waals surface area (Å²) >= 11 is 0. The second-order valence-electron chi connectivity index (χ2n) is 6.58. The van der Waals surface area contributed by atoms with Crippen LogP contribution in [0.2, 0.25) is 0 Å². The third-order valence-electron chi connectivity index (χ3n) is 4.45. The van der Waals surface area contributed by atoms with E-state index in [-0.39, 0.29) is 32.5 Å². The molecule has 0 atom stereocenters. The minimum absolute atomic E-state index is 0.0564. The number of hydrogen-bond donors (Lipinski definition) is 1. The number of nitrogens with one attached hydrogen (secondary N) is 1. The van der Waals surface area contributed by atoms with Crippen molar-refractivity contribution >= 4 is 28.0 Å². The van der Waals surface area contributed by atoms with E-state index in [1.165, 1.54) is 0 Å². The van der Waals surface area contributed by atoms with Crippen molar-refractivity contribution in [1.29, 1.82) is 0 Å². The Balaban J connectivity index is 1.91. The monoisotopic (exact) mass is 466 g/mol. The Morgan fingerprint density at radius 3 is 2.39 bits per heavy atom. The number of alkyl carbamates (subject to hydrolysis) is 1. The molecule has 9 nitrogen and oxygen atoms in total. The van der Waals surface area contributed by atoms with Crippen LogP contribution in [-0.2, 0) is 35.3 Å². The van der Waals surface area contributed by atoms with Crippen molar-refractivity contribution in [2.45, 2.75) is 30.8 Å². The van der Waals surface area contributed by atoms with Crippen LogP contribution in [0.15, 0.2) is 29.2 Å². The topological polar surface area (TPSA) is 119 Å². The second kappa shape index (κ2) is 10.1. The van der Waals surface area contributed by atoms with Crippen molar-refractivity contribution in [2.75, 3.05) is 26.3 Å². The highest BCUT2D eigenvalue weighted by atomic mass is 32.2. The molecule has 0 bridgehead atoms. The van der Waals surface area contributed by atoms with Gasteiger partial charge in [-0.15, -0.1) is 0 Å². The van der Waals surface area contributed by atoms with E-state index in [4.69, 9.17) is 4.74 Å². The molecule has 2 rings (SSSR count). The molecule has 13 heteroatoms. The van der Waals surface area contributed by atoms with E-state index >= 15 is 0 Å². The van der Waals surface area contributed by atoms with Crippen LogP contribution in [-0.4, -0.2) is 57.0 Å².